The van der Waals surface area contributed by atoms with Gasteiger partial charge in [0.15, 0.2) is 5.82 Å². The van der Waals surface area contributed by atoms with Crippen molar-refractivity contribution in [1.29, 1.82) is 0 Å². The lowest BCUT2D eigenvalue weighted by Gasteiger charge is -2.11. The average molecular weight is 227 g/mol. The molecule has 0 amide bonds. The minimum Gasteiger partial charge on any atom is -0.388 e. The second-order valence-electron chi connectivity index (χ2n) is 4.05. The highest BCUT2D eigenvalue weighted by atomic mass is 16.5. The van der Waals surface area contributed by atoms with Gasteiger partial charge in [-0.3, -0.25) is 0 Å². The van der Waals surface area contributed by atoms with Gasteiger partial charge in [0.1, 0.15) is 12.4 Å². The van der Waals surface area contributed by atoms with Crippen LogP contribution in [-0.4, -0.2) is 33.6 Å². The van der Waals surface area contributed by atoms with Crippen molar-refractivity contribution in [1.82, 2.24) is 14.8 Å². The lowest BCUT2D eigenvalue weighted by atomic mass is 10.1. The molecule has 1 aromatic heterocycles. The first-order valence-corrected chi connectivity index (χ1v) is 5.73. The quantitative estimate of drug-likeness (QED) is 0.755. The lowest BCUT2D eigenvalue weighted by molar-refractivity contribution is 0.181. The molecule has 1 aromatic rings. The van der Waals surface area contributed by atoms with Gasteiger partial charge in [-0.1, -0.05) is 20.3 Å². The van der Waals surface area contributed by atoms with E-state index in [2.05, 4.69) is 24.0 Å². The van der Waals surface area contributed by atoms with Gasteiger partial charge in [0, 0.05) is 20.1 Å². The Kier molecular flexibility index (Phi) is 5.42. The molecule has 1 unspecified atom stereocenters. The van der Waals surface area contributed by atoms with Crippen LogP contribution in [0.4, 0.5) is 0 Å². The van der Waals surface area contributed by atoms with Crippen LogP contribution in [0.2, 0.25) is 0 Å². The van der Waals surface area contributed by atoms with E-state index in [1.807, 2.05) is 4.57 Å². The van der Waals surface area contributed by atoms with Crippen molar-refractivity contribution in [2.75, 3.05) is 13.7 Å². The predicted octanol–water partition coefficient (Wildman–Crippen LogP) is 1.01. The van der Waals surface area contributed by atoms with Gasteiger partial charge in [-0.05, 0) is 5.92 Å². The zero-order valence-electron chi connectivity index (χ0n) is 10.3. The van der Waals surface area contributed by atoms with Crippen LogP contribution in [0.1, 0.15) is 31.9 Å². The Labute approximate surface area is 96.5 Å². The number of rotatable bonds is 7. The van der Waals surface area contributed by atoms with Crippen LogP contribution >= 0.6 is 0 Å². The minimum atomic E-state index is -0.0722. The Morgan fingerprint density at radius 1 is 1.38 bits per heavy atom. The molecule has 5 nitrogen and oxygen atoms in total. The Bertz CT molecular complexity index is 312. The number of methoxy groups -OCH3 is 1. The smallest absolute Gasteiger partial charge is 0.158 e. The third-order valence-electron chi connectivity index (χ3n) is 2.79. The first-order chi connectivity index (χ1) is 7.72. The highest BCUT2D eigenvalue weighted by Gasteiger charge is 2.13. The highest BCUT2D eigenvalue weighted by molar-refractivity contribution is 4.96. The molecule has 0 fully saturated rings. The van der Waals surface area contributed by atoms with Crippen LogP contribution in [0, 0.1) is 5.92 Å². The summed E-state index contributed by atoms with van der Waals surface area (Å²) in [7, 11) is 1.66. The molecule has 1 atom stereocenters. The van der Waals surface area contributed by atoms with E-state index >= 15 is 0 Å². The maximum absolute atomic E-state index is 9.16. The Balaban J connectivity index is 2.77. The number of aliphatic hydroxyl groups is 1. The first-order valence-electron chi connectivity index (χ1n) is 5.73. The van der Waals surface area contributed by atoms with Gasteiger partial charge in [-0.25, -0.2) is 0 Å². The summed E-state index contributed by atoms with van der Waals surface area (Å²) in [6.45, 7) is 5.59. The predicted molar refractivity (Wildman–Crippen MR) is 61.0 cm³/mol. The third-order valence-corrected chi connectivity index (χ3v) is 2.79. The molecular formula is C11H21N3O2. The molecule has 92 valence electrons. The average Bonchev–Trinajstić information content (AvgIpc) is 2.68. The summed E-state index contributed by atoms with van der Waals surface area (Å²) in [6, 6.07) is 0. The largest absolute Gasteiger partial charge is 0.388 e. The van der Waals surface area contributed by atoms with Gasteiger partial charge in [-0.15, -0.1) is 10.2 Å². The summed E-state index contributed by atoms with van der Waals surface area (Å²) in [5.41, 5.74) is 0. The van der Waals surface area contributed by atoms with Crippen LogP contribution < -0.4 is 0 Å². The van der Waals surface area contributed by atoms with Gasteiger partial charge in [-0.2, -0.15) is 0 Å². The first kappa shape index (κ1) is 13.1. The summed E-state index contributed by atoms with van der Waals surface area (Å²) in [5, 5.41) is 17.3. The number of hydrogen-bond acceptors (Lipinski definition) is 4. The number of aromatic nitrogens is 3. The molecular weight excluding hydrogens is 206 g/mol. The van der Waals surface area contributed by atoms with Crippen LogP contribution in [0.25, 0.3) is 0 Å². The fourth-order valence-electron chi connectivity index (χ4n) is 1.54. The maximum Gasteiger partial charge on any atom is 0.158 e. The zero-order valence-corrected chi connectivity index (χ0v) is 10.3. The summed E-state index contributed by atoms with van der Waals surface area (Å²) >= 11 is 0. The van der Waals surface area contributed by atoms with Gasteiger partial charge in [0.2, 0.25) is 0 Å². The minimum absolute atomic E-state index is 0.0722. The van der Waals surface area contributed by atoms with Crippen molar-refractivity contribution >= 4 is 0 Å². The molecule has 0 aliphatic carbocycles. The topological polar surface area (TPSA) is 60.2 Å². The van der Waals surface area contributed by atoms with E-state index in [9.17, 15) is 0 Å². The highest BCUT2D eigenvalue weighted by Crippen LogP contribution is 2.11. The fourth-order valence-corrected chi connectivity index (χ4v) is 1.54. The van der Waals surface area contributed by atoms with E-state index in [1.165, 1.54) is 0 Å². The molecule has 0 bridgehead atoms. The second kappa shape index (κ2) is 6.60. The molecule has 16 heavy (non-hydrogen) atoms. The van der Waals surface area contributed by atoms with Gasteiger partial charge < -0.3 is 14.4 Å². The van der Waals surface area contributed by atoms with Gasteiger partial charge >= 0.3 is 0 Å². The summed E-state index contributed by atoms with van der Waals surface area (Å²) < 4.78 is 7.00. The number of nitrogens with zero attached hydrogens (tertiary/aromatic N) is 3. The third kappa shape index (κ3) is 3.28. The summed E-state index contributed by atoms with van der Waals surface area (Å²) in [5.74, 6) is 2.14. The van der Waals surface area contributed by atoms with Crippen LogP contribution in [0.5, 0.6) is 0 Å². The standard InChI is InChI=1S/C11H21N3O2/c1-4-9(2)7-10-12-13-11(8-15)14(10)5-6-16-3/h9,15H,4-8H2,1-3H3. The Hall–Kier alpha value is -0.940. The van der Waals surface area contributed by atoms with Crippen molar-refractivity contribution in [3.05, 3.63) is 11.6 Å². The Morgan fingerprint density at radius 2 is 2.06 bits per heavy atom. The van der Waals surface area contributed by atoms with E-state index in [0.29, 0.717) is 24.9 Å². The summed E-state index contributed by atoms with van der Waals surface area (Å²) in [4.78, 5) is 0. The van der Waals surface area contributed by atoms with E-state index < -0.39 is 0 Å². The number of aliphatic hydroxyl groups excluding tert-OH is 1. The zero-order chi connectivity index (χ0) is 12.0. The van der Waals surface area contributed by atoms with Crippen molar-refractivity contribution in [2.24, 2.45) is 5.92 Å². The lowest BCUT2D eigenvalue weighted by Crippen LogP contribution is -2.13. The van der Waals surface area contributed by atoms with Crippen molar-refractivity contribution in [3.63, 3.8) is 0 Å². The molecule has 0 spiro atoms. The van der Waals surface area contributed by atoms with E-state index in [0.717, 1.165) is 18.7 Å². The van der Waals surface area contributed by atoms with Crippen LogP contribution in [0.3, 0.4) is 0 Å². The van der Waals surface area contributed by atoms with Gasteiger partial charge in [0.05, 0.1) is 6.61 Å². The molecule has 0 aromatic carbocycles. The molecule has 0 aliphatic heterocycles. The monoisotopic (exact) mass is 227 g/mol. The molecule has 1 rings (SSSR count). The molecule has 0 aliphatic rings. The SMILES string of the molecule is CCC(C)Cc1nnc(CO)n1CCOC. The number of hydrogen-bond donors (Lipinski definition) is 1. The molecule has 1 N–H and O–H groups in total. The molecule has 0 radical (unpaired) electrons. The van der Waals surface area contributed by atoms with Crippen molar-refractivity contribution < 1.29 is 9.84 Å². The van der Waals surface area contributed by atoms with Crippen molar-refractivity contribution in [3.8, 4) is 0 Å². The van der Waals surface area contributed by atoms with Crippen LogP contribution in [0.15, 0.2) is 0 Å². The fraction of sp³-hybridized carbons (Fsp3) is 0.818. The van der Waals surface area contributed by atoms with Gasteiger partial charge in [0.25, 0.3) is 0 Å². The number of ether oxygens (including phenoxy) is 1. The van der Waals surface area contributed by atoms with E-state index in [1.54, 1.807) is 7.11 Å². The van der Waals surface area contributed by atoms with E-state index in [4.69, 9.17) is 9.84 Å². The second-order valence-corrected chi connectivity index (χ2v) is 4.05. The van der Waals surface area contributed by atoms with Crippen molar-refractivity contribution in [2.45, 2.75) is 39.8 Å². The Morgan fingerprint density at radius 3 is 2.62 bits per heavy atom. The van der Waals surface area contributed by atoms with Crippen LogP contribution in [-0.2, 0) is 24.3 Å². The summed E-state index contributed by atoms with van der Waals surface area (Å²) in [6.07, 6.45) is 2.01. The molecule has 5 heteroatoms. The molecule has 0 saturated carbocycles. The normalized spacial score (nSPS) is 13.0. The van der Waals surface area contributed by atoms with E-state index in [-0.39, 0.29) is 6.61 Å². The maximum atomic E-state index is 9.16. The molecule has 0 saturated heterocycles. The molecule has 1 heterocycles.